The number of nitrogen functional groups attached to an aromatic ring is 1. The monoisotopic (exact) mass is 269 g/mol. The molecule has 0 spiro atoms. The molecule has 0 atom stereocenters. The van der Waals surface area contributed by atoms with Crippen molar-refractivity contribution in [3.63, 3.8) is 0 Å². The van der Waals surface area contributed by atoms with Crippen molar-refractivity contribution in [2.24, 2.45) is 0 Å². The molecule has 0 radical (unpaired) electrons. The Bertz CT molecular complexity index is 621. The van der Waals surface area contributed by atoms with Crippen LogP contribution in [-0.4, -0.2) is 0 Å². The molecule has 0 saturated carbocycles. The SMILES string of the molecule is Cc1cc(C)c(COc2c(C)ccc(N)c2C)c(C)c1. The van der Waals surface area contributed by atoms with Crippen molar-refractivity contribution in [1.29, 1.82) is 0 Å². The summed E-state index contributed by atoms with van der Waals surface area (Å²) >= 11 is 0. The van der Waals surface area contributed by atoms with Gasteiger partial charge < -0.3 is 10.5 Å². The third-order valence-electron chi connectivity index (χ3n) is 3.85. The molecule has 2 N–H and O–H groups in total. The first-order valence-electron chi connectivity index (χ1n) is 6.95. The van der Waals surface area contributed by atoms with Crippen LogP contribution in [0.2, 0.25) is 0 Å². The van der Waals surface area contributed by atoms with Crippen molar-refractivity contribution in [2.75, 3.05) is 5.73 Å². The maximum atomic E-state index is 6.06. The molecule has 2 nitrogen and oxygen atoms in total. The van der Waals surface area contributed by atoms with Gasteiger partial charge in [0.2, 0.25) is 0 Å². The summed E-state index contributed by atoms with van der Waals surface area (Å²) in [6.07, 6.45) is 0. The topological polar surface area (TPSA) is 35.2 Å². The lowest BCUT2D eigenvalue weighted by Crippen LogP contribution is -2.04. The van der Waals surface area contributed by atoms with E-state index in [9.17, 15) is 0 Å². The smallest absolute Gasteiger partial charge is 0.127 e. The molecule has 2 heteroatoms. The number of hydrogen-bond acceptors (Lipinski definition) is 2. The molecule has 0 bridgehead atoms. The summed E-state index contributed by atoms with van der Waals surface area (Å²) in [5, 5.41) is 0. The van der Waals surface area contributed by atoms with Crippen LogP contribution in [0.25, 0.3) is 0 Å². The van der Waals surface area contributed by atoms with Crippen LogP contribution in [0.4, 0.5) is 5.69 Å². The first kappa shape index (κ1) is 14.4. The number of ether oxygens (including phenoxy) is 1. The lowest BCUT2D eigenvalue weighted by Gasteiger charge is -2.16. The molecule has 0 fully saturated rings. The van der Waals surface area contributed by atoms with Crippen LogP contribution in [0.5, 0.6) is 5.75 Å². The fourth-order valence-electron chi connectivity index (χ4n) is 2.65. The fourth-order valence-corrected chi connectivity index (χ4v) is 2.65. The minimum absolute atomic E-state index is 0.586. The Kier molecular flexibility index (Phi) is 4.03. The van der Waals surface area contributed by atoms with Gasteiger partial charge in [0.25, 0.3) is 0 Å². The molecule has 2 aromatic carbocycles. The molecule has 2 aromatic rings. The van der Waals surface area contributed by atoms with Crippen LogP contribution in [0.15, 0.2) is 24.3 Å². The van der Waals surface area contributed by atoms with Gasteiger partial charge in [0, 0.05) is 11.3 Å². The van der Waals surface area contributed by atoms with Crippen molar-refractivity contribution in [3.05, 3.63) is 57.6 Å². The fraction of sp³-hybridized carbons (Fsp3) is 0.333. The summed E-state index contributed by atoms with van der Waals surface area (Å²) in [7, 11) is 0. The van der Waals surface area contributed by atoms with Gasteiger partial charge in [-0.25, -0.2) is 0 Å². The predicted octanol–water partition coefficient (Wildman–Crippen LogP) is 4.39. The van der Waals surface area contributed by atoms with Crippen LogP contribution < -0.4 is 10.5 Å². The molecule has 0 aliphatic carbocycles. The third-order valence-corrected chi connectivity index (χ3v) is 3.85. The standard InChI is InChI=1S/C18H23NO/c1-11-8-13(3)16(14(4)9-11)10-20-18-12(2)6-7-17(19)15(18)5/h6-9H,10,19H2,1-5H3. The third kappa shape index (κ3) is 2.79. The van der Waals surface area contributed by atoms with Crippen molar-refractivity contribution >= 4 is 5.69 Å². The summed E-state index contributed by atoms with van der Waals surface area (Å²) < 4.78 is 6.06. The number of benzene rings is 2. The van der Waals surface area contributed by atoms with Gasteiger partial charge in [0.1, 0.15) is 12.4 Å². The zero-order chi connectivity index (χ0) is 14.9. The normalized spacial score (nSPS) is 10.7. The number of nitrogens with two attached hydrogens (primary N) is 1. The van der Waals surface area contributed by atoms with E-state index in [0.29, 0.717) is 6.61 Å². The highest BCUT2D eigenvalue weighted by Crippen LogP contribution is 2.29. The van der Waals surface area contributed by atoms with Crippen molar-refractivity contribution in [3.8, 4) is 5.75 Å². The average Bonchev–Trinajstić information content (AvgIpc) is 2.36. The molecule has 0 aliphatic heterocycles. The Morgan fingerprint density at radius 3 is 2.10 bits per heavy atom. The highest BCUT2D eigenvalue weighted by Gasteiger charge is 2.09. The minimum Gasteiger partial charge on any atom is -0.488 e. The zero-order valence-electron chi connectivity index (χ0n) is 13.0. The van der Waals surface area contributed by atoms with E-state index in [1.54, 1.807) is 0 Å². The molecule has 2 rings (SSSR count). The predicted molar refractivity (Wildman–Crippen MR) is 85.3 cm³/mol. The van der Waals surface area contributed by atoms with Crippen LogP contribution >= 0.6 is 0 Å². The first-order valence-corrected chi connectivity index (χ1v) is 6.95. The van der Waals surface area contributed by atoms with Crippen molar-refractivity contribution in [1.82, 2.24) is 0 Å². The Hall–Kier alpha value is -1.96. The zero-order valence-corrected chi connectivity index (χ0v) is 13.0. The number of hydrogen-bond donors (Lipinski definition) is 1. The van der Waals surface area contributed by atoms with Gasteiger partial charge in [-0.05, 0) is 62.9 Å². The van der Waals surface area contributed by atoms with Gasteiger partial charge in [-0.1, -0.05) is 23.8 Å². The molecule has 0 aliphatic rings. The summed E-state index contributed by atoms with van der Waals surface area (Å²) in [6.45, 7) is 11.0. The number of anilines is 1. The van der Waals surface area contributed by atoms with Crippen molar-refractivity contribution < 1.29 is 4.74 Å². The molecular formula is C18H23NO. The Morgan fingerprint density at radius 2 is 1.50 bits per heavy atom. The summed E-state index contributed by atoms with van der Waals surface area (Å²) in [6, 6.07) is 8.34. The molecule has 0 aromatic heterocycles. The second-order valence-corrected chi connectivity index (χ2v) is 5.59. The quantitative estimate of drug-likeness (QED) is 0.839. The Labute approximate surface area is 121 Å². The molecule has 0 amide bonds. The molecule has 0 unspecified atom stereocenters. The van der Waals surface area contributed by atoms with E-state index in [1.807, 2.05) is 19.1 Å². The van der Waals surface area contributed by atoms with Gasteiger partial charge in [0.15, 0.2) is 0 Å². The second kappa shape index (κ2) is 5.58. The minimum atomic E-state index is 0.586. The summed E-state index contributed by atoms with van der Waals surface area (Å²) in [5.41, 5.74) is 14.0. The van der Waals surface area contributed by atoms with Crippen LogP contribution in [0.3, 0.4) is 0 Å². The van der Waals surface area contributed by atoms with Gasteiger partial charge in [-0.2, -0.15) is 0 Å². The van der Waals surface area contributed by atoms with Gasteiger partial charge in [0.05, 0.1) is 0 Å². The Morgan fingerprint density at radius 1 is 0.900 bits per heavy atom. The van der Waals surface area contributed by atoms with Crippen molar-refractivity contribution in [2.45, 2.75) is 41.2 Å². The Balaban J connectivity index is 2.28. The van der Waals surface area contributed by atoms with E-state index in [4.69, 9.17) is 10.5 Å². The van der Waals surface area contributed by atoms with E-state index < -0.39 is 0 Å². The molecule has 20 heavy (non-hydrogen) atoms. The summed E-state index contributed by atoms with van der Waals surface area (Å²) in [5.74, 6) is 0.907. The molecule has 0 heterocycles. The molecule has 106 valence electrons. The van der Waals surface area contributed by atoms with Gasteiger partial charge in [-0.15, -0.1) is 0 Å². The van der Waals surface area contributed by atoms with E-state index in [-0.39, 0.29) is 0 Å². The summed E-state index contributed by atoms with van der Waals surface area (Å²) in [4.78, 5) is 0. The maximum Gasteiger partial charge on any atom is 0.127 e. The number of rotatable bonds is 3. The maximum absolute atomic E-state index is 6.06. The average molecular weight is 269 g/mol. The highest BCUT2D eigenvalue weighted by atomic mass is 16.5. The second-order valence-electron chi connectivity index (χ2n) is 5.59. The largest absolute Gasteiger partial charge is 0.488 e. The van der Waals surface area contributed by atoms with Crippen LogP contribution in [-0.2, 0) is 6.61 Å². The van der Waals surface area contributed by atoms with Crippen LogP contribution in [0.1, 0.15) is 33.4 Å². The van der Waals surface area contributed by atoms with E-state index in [1.165, 1.54) is 22.3 Å². The number of aryl methyl sites for hydroxylation is 4. The lowest BCUT2D eigenvalue weighted by molar-refractivity contribution is 0.300. The van der Waals surface area contributed by atoms with Crippen LogP contribution in [0, 0.1) is 34.6 Å². The molecular weight excluding hydrogens is 246 g/mol. The van der Waals surface area contributed by atoms with Gasteiger partial charge in [-0.3, -0.25) is 0 Å². The lowest BCUT2D eigenvalue weighted by atomic mass is 10.0. The van der Waals surface area contributed by atoms with Gasteiger partial charge >= 0.3 is 0 Å². The van der Waals surface area contributed by atoms with E-state index in [0.717, 1.165) is 22.6 Å². The van der Waals surface area contributed by atoms with E-state index in [2.05, 4.69) is 39.8 Å². The highest BCUT2D eigenvalue weighted by molar-refractivity contribution is 5.56. The first-order chi connectivity index (χ1) is 9.40. The molecule has 0 saturated heterocycles. The van der Waals surface area contributed by atoms with E-state index >= 15 is 0 Å².